The number of anilines is 3. The number of urea groups is 1. The zero-order chi connectivity index (χ0) is 26.4. The highest BCUT2D eigenvalue weighted by Gasteiger charge is 2.19. The third-order valence-corrected chi connectivity index (χ3v) is 5.73. The van der Waals surface area contributed by atoms with Crippen molar-refractivity contribution in [2.75, 3.05) is 28.6 Å². The molecule has 0 aliphatic heterocycles. The first-order valence-corrected chi connectivity index (χ1v) is 12.2. The lowest BCUT2D eigenvalue weighted by Crippen LogP contribution is -2.32. The van der Waals surface area contributed by atoms with E-state index in [0.29, 0.717) is 39.4 Å². The number of halogens is 2. The van der Waals surface area contributed by atoms with Crippen LogP contribution in [0.3, 0.4) is 0 Å². The number of rotatable bonds is 9. The van der Waals surface area contributed by atoms with Gasteiger partial charge >= 0.3 is 12.0 Å². The van der Waals surface area contributed by atoms with E-state index in [1.165, 1.54) is 12.1 Å². The quantitative estimate of drug-likeness (QED) is 0.276. The first-order chi connectivity index (χ1) is 17.0. The van der Waals surface area contributed by atoms with E-state index in [9.17, 15) is 19.1 Å². The number of carbonyl (C=O) groups excluding carboxylic acids is 1. The minimum atomic E-state index is -1.24. The van der Waals surface area contributed by atoms with Crippen LogP contribution < -0.4 is 15.5 Å². The predicted molar refractivity (Wildman–Crippen MR) is 145 cm³/mol. The molecule has 0 aromatic heterocycles. The second-order valence-corrected chi connectivity index (χ2v) is 9.89. The van der Waals surface area contributed by atoms with Crippen molar-refractivity contribution in [1.82, 2.24) is 0 Å². The number of aromatic carboxylic acids is 1. The molecule has 0 spiro atoms. The third kappa shape index (κ3) is 6.98. The number of nitrogens with one attached hydrogen (secondary N) is 2. The van der Waals surface area contributed by atoms with Crippen molar-refractivity contribution in [2.45, 2.75) is 27.7 Å². The average Bonchev–Trinajstić information content (AvgIpc) is 2.79. The summed E-state index contributed by atoms with van der Waals surface area (Å²) in [7, 11) is 0. The number of para-hydroxylation sites is 1. The summed E-state index contributed by atoms with van der Waals surface area (Å²) in [5.74, 6) is -1.14. The van der Waals surface area contributed by atoms with Crippen LogP contribution in [0.2, 0.25) is 5.02 Å². The lowest BCUT2D eigenvalue weighted by molar-refractivity contribution is 0.0697. The van der Waals surface area contributed by atoms with E-state index in [4.69, 9.17) is 11.6 Å². The van der Waals surface area contributed by atoms with Crippen molar-refractivity contribution in [2.24, 2.45) is 11.8 Å². The minimum absolute atomic E-state index is 0.157. The lowest BCUT2D eigenvalue weighted by Gasteiger charge is -2.31. The van der Waals surface area contributed by atoms with Crippen LogP contribution in [-0.4, -0.2) is 30.2 Å². The molecule has 0 saturated carbocycles. The van der Waals surface area contributed by atoms with Gasteiger partial charge in [-0.1, -0.05) is 63.6 Å². The molecule has 0 fully saturated rings. The van der Waals surface area contributed by atoms with Crippen molar-refractivity contribution < 1.29 is 19.1 Å². The number of benzene rings is 3. The molecule has 0 aliphatic carbocycles. The van der Waals surface area contributed by atoms with Gasteiger partial charge in [0.2, 0.25) is 0 Å². The molecule has 0 saturated heterocycles. The van der Waals surface area contributed by atoms with Gasteiger partial charge in [-0.3, -0.25) is 0 Å². The normalized spacial score (nSPS) is 11.0. The first kappa shape index (κ1) is 27.0. The smallest absolute Gasteiger partial charge is 0.336 e. The third-order valence-electron chi connectivity index (χ3n) is 5.40. The molecule has 3 rings (SSSR count). The molecule has 0 atom stereocenters. The van der Waals surface area contributed by atoms with Crippen LogP contribution >= 0.6 is 11.6 Å². The Bertz CT molecular complexity index is 1240. The summed E-state index contributed by atoms with van der Waals surface area (Å²) in [5.41, 5.74) is 2.49. The molecule has 3 aromatic carbocycles. The molecule has 0 unspecified atom stereocenters. The van der Waals surface area contributed by atoms with Gasteiger partial charge in [0, 0.05) is 13.1 Å². The monoisotopic (exact) mass is 511 g/mol. The van der Waals surface area contributed by atoms with Gasteiger partial charge < -0.3 is 20.6 Å². The van der Waals surface area contributed by atoms with Crippen molar-refractivity contribution in [3.8, 4) is 11.1 Å². The lowest BCUT2D eigenvalue weighted by atomic mass is 9.98. The summed E-state index contributed by atoms with van der Waals surface area (Å²) in [6, 6.07) is 15.4. The van der Waals surface area contributed by atoms with Crippen molar-refractivity contribution in [3.63, 3.8) is 0 Å². The predicted octanol–water partition coefficient (Wildman–Crippen LogP) is 7.61. The van der Waals surface area contributed by atoms with Crippen LogP contribution in [-0.2, 0) is 0 Å². The summed E-state index contributed by atoms with van der Waals surface area (Å²) < 4.78 is 13.8. The zero-order valence-corrected chi connectivity index (χ0v) is 21.6. The van der Waals surface area contributed by atoms with Gasteiger partial charge in [0.05, 0.1) is 27.6 Å². The summed E-state index contributed by atoms with van der Waals surface area (Å²) >= 11 is 6.20. The number of amides is 2. The van der Waals surface area contributed by atoms with Crippen LogP contribution in [0.1, 0.15) is 38.1 Å². The van der Waals surface area contributed by atoms with Crippen molar-refractivity contribution in [1.29, 1.82) is 0 Å². The molecule has 0 bridgehead atoms. The highest BCUT2D eigenvalue weighted by atomic mass is 35.5. The van der Waals surface area contributed by atoms with E-state index in [-0.39, 0.29) is 5.56 Å². The fraction of sp³-hybridized carbons (Fsp3) is 0.286. The van der Waals surface area contributed by atoms with Gasteiger partial charge in [0.1, 0.15) is 5.82 Å². The van der Waals surface area contributed by atoms with E-state index >= 15 is 0 Å². The van der Waals surface area contributed by atoms with E-state index in [1.807, 2.05) is 6.07 Å². The molecule has 190 valence electrons. The highest BCUT2D eigenvalue weighted by molar-refractivity contribution is 6.33. The van der Waals surface area contributed by atoms with Crippen LogP contribution in [0.5, 0.6) is 0 Å². The topological polar surface area (TPSA) is 81.7 Å². The summed E-state index contributed by atoms with van der Waals surface area (Å²) in [6.07, 6.45) is 0. The van der Waals surface area contributed by atoms with E-state index in [0.717, 1.165) is 24.8 Å². The number of hydrogen-bond donors (Lipinski definition) is 3. The van der Waals surface area contributed by atoms with Gasteiger partial charge in [-0.2, -0.15) is 0 Å². The Hall–Kier alpha value is -3.58. The van der Waals surface area contributed by atoms with E-state index in [1.54, 1.807) is 36.4 Å². The van der Waals surface area contributed by atoms with Crippen LogP contribution in [0.15, 0.2) is 60.7 Å². The van der Waals surface area contributed by atoms with Crippen LogP contribution in [0, 0.1) is 17.7 Å². The zero-order valence-electron chi connectivity index (χ0n) is 20.8. The Morgan fingerprint density at radius 2 is 1.56 bits per heavy atom. The molecule has 3 aromatic rings. The fourth-order valence-corrected chi connectivity index (χ4v) is 4.20. The number of nitrogens with zero attached hydrogens (tertiary/aromatic N) is 1. The molecule has 0 radical (unpaired) electrons. The summed E-state index contributed by atoms with van der Waals surface area (Å²) in [4.78, 5) is 27.0. The SMILES string of the molecule is CC(C)CN(CC(C)C)c1ccc(-c2ccc(F)cc2C(=O)O)cc1NC(=O)Nc1ccccc1Cl. The van der Waals surface area contributed by atoms with Gasteiger partial charge in [-0.05, 0) is 59.4 Å². The maximum Gasteiger partial charge on any atom is 0.336 e. The Kier molecular flexibility index (Phi) is 8.93. The van der Waals surface area contributed by atoms with Crippen LogP contribution in [0.4, 0.5) is 26.2 Å². The van der Waals surface area contributed by atoms with Gasteiger partial charge in [-0.25, -0.2) is 14.0 Å². The molecule has 8 heteroatoms. The van der Waals surface area contributed by atoms with E-state index < -0.39 is 17.8 Å². The summed E-state index contributed by atoms with van der Waals surface area (Å²) in [5, 5.41) is 15.7. The second kappa shape index (κ2) is 11.9. The number of carbonyl (C=O) groups is 2. The molecule has 3 N–H and O–H groups in total. The number of carboxylic acids is 1. The maximum absolute atomic E-state index is 13.8. The van der Waals surface area contributed by atoms with Crippen molar-refractivity contribution >= 4 is 40.7 Å². The first-order valence-electron chi connectivity index (χ1n) is 11.8. The molecular weight excluding hydrogens is 481 g/mol. The molecule has 0 aliphatic rings. The fourth-order valence-electron chi connectivity index (χ4n) is 4.02. The molecule has 0 heterocycles. The Morgan fingerprint density at radius 1 is 0.917 bits per heavy atom. The maximum atomic E-state index is 13.8. The summed E-state index contributed by atoms with van der Waals surface area (Å²) in [6.45, 7) is 10.0. The van der Waals surface area contributed by atoms with Crippen LogP contribution in [0.25, 0.3) is 11.1 Å². The molecule has 36 heavy (non-hydrogen) atoms. The average molecular weight is 512 g/mol. The Balaban J connectivity index is 2.07. The Labute approximate surface area is 216 Å². The largest absolute Gasteiger partial charge is 0.478 e. The molecule has 6 nitrogen and oxygen atoms in total. The minimum Gasteiger partial charge on any atom is -0.478 e. The van der Waals surface area contributed by atoms with Crippen molar-refractivity contribution in [3.05, 3.63) is 77.1 Å². The number of hydrogen-bond acceptors (Lipinski definition) is 3. The Morgan fingerprint density at radius 3 is 2.17 bits per heavy atom. The number of carboxylic acid groups (broad SMARTS) is 1. The molecule has 2 amide bonds. The second-order valence-electron chi connectivity index (χ2n) is 9.48. The van der Waals surface area contributed by atoms with Gasteiger partial charge in [0.25, 0.3) is 0 Å². The highest BCUT2D eigenvalue weighted by Crippen LogP contribution is 2.35. The molecular formula is C28H31ClFN3O3. The van der Waals surface area contributed by atoms with Gasteiger partial charge in [-0.15, -0.1) is 0 Å². The standard InChI is InChI=1S/C28H31ClFN3O3/c1-17(2)15-33(16-18(3)4)26-12-9-19(21-11-10-20(30)14-22(21)27(34)35)13-25(26)32-28(36)31-24-8-6-5-7-23(24)29/h5-14,17-18H,15-16H2,1-4H3,(H,34,35)(H2,31,32,36). The van der Waals surface area contributed by atoms with E-state index in [2.05, 4.69) is 43.2 Å². The van der Waals surface area contributed by atoms with Gasteiger partial charge in [0.15, 0.2) is 0 Å².